The zero-order valence-corrected chi connectivity index (χ0v) is 19.7. The Morgan fingerprint density at radius 1 is 1.12 bits per heavy atom. The lowest BCUT2D eigenvalue weighted by molar-refractivity contribution is 0.180. The van der Waals surface area contributed by atoms with Gasteiger partial charge in [0.15, 0.2) is 11.4 Å². The first kappa shape index (κ1) is 22.6. The van der Waals surface area contributed by atoms with Gasteiger partial charge >= 0.3 is 0 Å². The molecule has 0 amide bonds. The molecule has 0 fully saturated rings. The summed E-state index contributed by atoms with van der Waals surface area (Å²) in [7, 11) is 0. The van der Waals surface area contributed by atoms with Gasteiger partial charge in [-0.3, -0.25) is 9.97 Å². The van der Waals surface area contributed by atoms with E-state index in [4.69, 9.17) is 32.2 Å². The highest BCUT2D eigenvalue weighted by Crippen LogP contribution is 2.40. The Balaban J connectivity index is 1.87. The van der Waals surface area contributed by atoms with Crippen LogP contribution in [0.5, 0.6) is 0 Å². The highest BCUT2D eigenvalue weighted by atomic mass is 35.5. The first-order chi connectivity index (χ1) is 15.2. The first-order valence-corrected chi connectivity index (χ1v) is 11.1. The van der Waals surface area contributed by atoms with E-state index in [2.05, 4.69) is 31.8 Å². The number of benzene rings is 1. The molecule has 7 heteroatoms. The number of pyridine rings is 2. The van der Waals surface area contributed by atoms with Gasteiger partial charge in [-0.15, -0.1) is 4.59 Å². The molecule has 1 aliphatic heterocycles. The molecule has 0 radical (unpaired) electrons. The van der Waals surface area contributed by atoms with Crippen LogP contribution < -0.4 is 10.4 Å². The quantitative estimate of drug-likeness (QED) is 0.408. The van der Waals surface area contributed by atoms with E-state index in [1.807, 2.05) is 49.5 Å². The maximum atomic E-state index is 7.15. The van der Waals surface area contributed by atoms with Crippen LogP contribution in [0.3, 0.4) is 0 Å². The molecule has 3 heterocycles. The van der Waals surface area contributed by atoms with Gasteiger partial charge < -0.3 is 4.74 Å². The largest absolute Gasteiger partial charge is 0.369 e. The van der Waals surface area contributed by atoms with E-state index in [0.29, 0.717) is 24.8 Å². The minimum absolute atomic E-state index is 0.0527. The van der Waals surface area contributed by atoms with Crippen LogP contribution >= 0.6 is 11.6 Å². The number of hydrogen-bond donors (Lipinski definition) is 1. The molecule has 0 saturated heterocycles. The Hall–Kier alpha value is -2.64. The van der Waals surface area contributed by atoms with Crippen molar-refractivity contribution < 1.29 is 4.74 Å². The van der Waals surface area contributed by atoms with E-state index >= 15 is 0 Å². The lowest BCUT2D eigenvalue weighted by Gasteiger charge is -2.36. The molecule has 4 rings (SSSR count). The van der Waals surface area contributed by atoms with E-state index in [-0.39, 0.29) is 10.0 Å². The maximum Gasteiger partial charge on any atom is 0.254 e. The highest BCUT2D eigenvalue weighted by Gasteiger charge is 2.42. The van der Waals surface area contributed by atoms with Crippen molar-refractivity contribution in [1.29, 1.82) is 0 Å². The van der Waals surface area contributed by atoms with Crippen molar-refractivity contribution in [3.63, 3.8) is 0 Å². The fraction of sp³-hybridized carbons (Fsp3) is 0.320. The third kappa shape index (κ3) is 4.07. The monoisotopic (exact) mass is 450 g/mol. The van der Waals surface area contributed by atoms with Crippen LogP contribution in [-0.2, 0) is 16.7 Å². The number of nitrogens with zero attached hydrogens (tertiary/aromatic N) is 4. The molecule has 1 aromatic carbocycles. The maximum absolute atomic E-state index is 7.15. The van der Waals surface area contributed by atoms with Gasteiger partial charge in [0.1, 0.15) is 6.61 Å². The van der Waals surface area contributed by atoms with Crippen LogP contribution in [-0.4, -0.2) is 29.0 Å². The number of aromatic nitrogens is 2. The molecule has 6 nitrogen and oxygen atoms in total. The van der Waals surface area contributed by atoms with Crippen LogP contribution in [0.1, 0.15) is 39.0 Å². The van der Waals surface area contributed by atoms with Crippen LogP contribution in [0.2, 0.25) is 5.02 Å². The summed E-state index contributed by atoms with van der Waals surface area (Å²) in [4.78, 5) is 14.0. The lowest BCUT2D eigenvalue weighted by atomic mass is 9.91. The zero-order chi connectivity index (χ0) is 22.9. The molecule has 1 atom stereocenters. The molecule has 1 unspecified atom stereocenters. The van der Waals surface area contributed by atoms with Crippen molar-refractivity contribution in [2.45, 2.75) is 39.7 Å². The Kier molecular flexibility index (Phi) is 6.14. The van der Waals surface area contributed by atoms with Gasteiger partial charge in [0, 0.05) is 47.2 Å². The van der Waals surface area contributed by atoms with Gasteiger partial charge in [-0.05, 0) is 25.1 Å². The summed E-state index contributed by atoms with van der Waals surface area (Å²) in [5, 5.41) is 0.595. The minimum atomic E-state index is -0.0922. The molecule has 32 heavy (non-hydrogen) atoms. The van der Waals surface area contributed by atoms with E-state index in [9.17, 15) is 0 Å². The van der Waals surface area contributed by atoms with Gasteiger partial charge in [-0.2, -0.15) is 5.84 Å². The second-order valence-electron chi connectivity index (χ2n) is 8.92. The average Bonchev–Trinajstić information content (AvgIpc) is 2.78. The number of rotatable bonds is 5. The molecular formula is C25H29ClN5O+. The predicted octanol–water partition coefficient (Wildman–Crippen LogP) is 5.56. The molecule has 0 spiro atoms. The first-order valence-electron chi connectivity index (χ1n) is 10.8. The van der Waals surface area contributed by atoms with Gasteiger partial charge in [-0.25, -0.2) is 4.99 Å². The fourth-order valence-electron chi connectivity index (χ4n) is 3.87. The SMILES string of the molecule is CCOCC1=NCc2ccc(-c3ncccc3Cl)cc2[N+]1(N)c1ccc(C(C)(C)C)nc1. The summed E-state index contributed by atoms with van der Waals surface area (Å²) in [5.74, 6) is 7.88. The van der Waals surface area contributed by atoms with E-state index in [1.54, 1.807) is 6.20 Å². The summed E-state index contributed by atoms with van der Waals surface area (Å²) in [6, 6.07) is 13.9. The van der Waals surface area contributed by atoms with Crippen molar-refractivity contribution in [3.8, 4) is 11.3 Å². The number of nitrogens with two attached hydrogens (primary N) is 1. The topological polar surface area (TPSA) is 73.4 Å². The predicted molar refractivity (Wildman–Crippen MR) is 131 cm³/mol. The number of amidine groups is 1. The smallest absolute Gasteiger partial charge is 0.254 e. The number of ether oxygens (including phenoxy) is 1. The summed E-state index contributed by atoms with van der Waals surface area (Å²) >= 11 is 6.43. The van der Waals surface area contributed by atoms with Crippen molar-refractivity contribution in [2.24, 2.45) is 10.8 Å². The number of halogens is 1. The molecular weight excluding hydrogens is 422 g/mol. The normalized spacial score (nSPS) is 18.2. The number of fused-ring (bicyclic) bond motifs is 1. The molecule has 0 aliphatic carbocycles. The molecule has 2 aromatic heterocycles. The van der Waals surface area contributed by atoms with Crippen molar-refractivity contribution in [3.05, 3.63) is 71.1 Å². The second-order valence-corrected chi connectivity index (χ2v) is 9.33. The van der Waals surface area contributed by atoms with Crippen LogP contribution in [0.15, 0.2) is 59.9 Å². The third-order valence-electron chi connectivity index (χ3n) is 5.70. The molecule has 0 saturated carbocycles. The van der Waals surface area contributed by atoms with E-state index < -0.39 is 0 Å². The van der Waals surface area contributed by atoms with Gasteiger partial charge in [0.05, 0.1) is 23.5 Å². The van der Waals surface area contributed by atoms with E-state index in [1.165, 1.54) is 0 Å². The van der Waals surface area contributed by atoms with E-state index in [0.717, 1.165) is 39.7 Å². The molecule has 2 N–H and O–H groups in total. The van der Waals surface area contributed by atoms with Crippen molar-refractivity contribution in [1.82, 2.24) is 14.6 Å². The van der Waals surface area contributed by atoms with Crippen LogP contribution in [0, 0.1) is 0 Å². The number of aliphatic imine (C=N–C) groups is 1. The Morgan fingerprint density at radius 2 is 1.94 bits per heavy atom. The summed E-state index contributed by atoms with van der Waals surface area (Å²) in [6.45, 7) is 9.84. The Bertz CT molecular complexity index is 1150. The van der Waals surface area contributed by atoms with Gasteiger partial charge in [0.25, 0.3) is 5.84 Å². The summed E-state index contributed by atoms with van der Waals surface area (Å²) in [6.07, 6.45) is 3.58. The molecule has 3 aromatic rings. The highest BCUT2D eigenvalue weighted by molar-refractivity contribution is 6.33. The van der Waals surface area contributed by atoms with Crippen LogP contribution in [0.25, 0.3) is 11.3 Å². The number of hydrogen-bond acceptors (Lipinski definition) is 5. The fourth-order valence-corrected chi connectivity index (χ4v) is 4.10. The average molecular weight is 451 g/mol. The minimum Gasteiger partial charge on any atom is -0.369 e. The lowest BCUT2D eigenvalue weighted by Crippen LogP contribution is -2.59. The summed E-state index contributed by atoms with van der Waals surface area (Å²) < 4.78 is 5.64. The molecule has 1 aliphatic rings. The van der Waals surface area contributed by atoms with Crippen molar-refractivity contribution in [2.75, 3.05) is 13.2 Å². The summed E-state index contributed by atoms with van der Waals surface area (Å²) in [5.41, 5.74) is 5.35. The number of quaternary nitrogens is 1. The van der Waals surface area contributed by atoms with Crippen LogP contribution in [0.4, 0.5) is 11.4 Å². The standard InChI is InChI=1S/C25H29ClN5O/c1-5-32-16-23-30-14-18-9-8-17(24-20(26)7-6-12-28-24)13-21(18)31(23,27)19-10-11-22(29-15-19)25(2,3)4/h6-13,15H,5,14,16,27H2,1-4H3/q+1. The Labute approximate surface area is 194 Å². The second kappa shape index (κ2) is 8.71. The van der Waals surface area contributed by atoms with Gasteiger partial charge in [-0.1, -0.05) is 44.5 Å². The molecule has 0 bridgehead atoms. The molecule has 166 valence electrons. The third-order valence-corrected chi connectivity index (χ3v) is 6.00. The Morgan fingerprint density at radius 3 is 2.59 bits per heavy atom. The van der Waals surface area contributed by atoms with Crippen molar-refractivity contribution >= 4 is 28.8 Å². The zero-order valence-electron chi connectivity index (χ0n) is 19.0. The van der Waals surface area contributed by atoms with Gasteiger partial charge in [0.2, 0.25) is 0 Å².